The molecule has 0 saturated carbocycles. The van der Waals surface area contributed by atoms with Crippen LogP contribution in [-0.2, 0) is 6.42 Å². The lowest BCUT2D eigenvalue weighted by atomic mass is 9.96. The molecule has 0 spiro atoms. The molecule has 1 fully saturated rings. The second kappa shape index (κ2) is 5.19. The third-order valence-electron chi connectivity index (χ3n) is 2.91. The maximum absolute atomic E-state index is 6.10. The first-order valence-electron chi connectivity index (χ1n) is 5.14. The number of halogens is 1. The molecule has 1 N–H and O–H groups in total. The summed E-state index contributed by atoms with van der Waals surface area (Å²) in [4.78, 5) is 4.01. The minimum absolute atomic E-state index is 0.624. The molecule has 2 heterocycles. The predicted octanol–water partition coefficient (Wildman–Crippen LogP) is 2.23. The molecule has 0 bridgehead atoms. The summed E-state index contributed by atoms with van der Waals surface area (Å²) in [6.07, 6.45) is 4.60. The first kappa shape index (κ1) is 11.2. The van der Waals surface area contributed by atoms with E-state index in [1.165, 1.54) is 17.1 Å². The molecule has 1 aromatic rings. The zero-order valence-electron chi connectivity index (χ0n) is 8.74. The molecule has 0 radical (unpaired) electrons. The average Bonchev–Trinajstić information content (AvgIpc) is 2.69. The van der Waals surface area contributed by atoms with E-state index in [0.717, 1.165) is 11.4 Å². The Morgan fingerprint density at radius 2 is 2.47 bits per heavy atom. The highest BCUT2D eigenvalue weighted by molar-refractivity contribution is 7.99. The van der Waals surface area contributed by atoms with Gasteiger partial charge in [-0.15, -0.1) is 0 Å². The quantitative estimate of drug-likeness (QED) is 0.880. The highest BCUT2D eigenvalue weighted by atomic mass is 35.5. The van der Waals surface area contributed by atoms with Gasteiger partial charge in [-0.25, -0.2) is 0 Å². The van der Waals surface area contributed by atoms with Crippen LogP contribution in [0.1, 0.15) is 5.56 Å². The van der Waals surface area contributed by atoms with Crippen molar-refractivity contribution in [1.29, 1.82) is 0 Å². The summed E-state index contributed by atoms with van der Waals surface area (Å²) in [6.45, 7) is 0. The van der Waals surface area contributed by atoms with Gasteiger partial charge in [-0.1, -0.05) is 11.6 Å². The zero-order valence-corrected chi connectivity index (χ0v) is 10.3. The molecule has 1 aromatic heterocycles. The van der Waals surface area contributed by atoms with Gasteiger partial charge in [-0.3, -0.25) is 4.98 Å². The molecule has 2 unspecified atom stereocenters. The third kappa shape index (κ3) is 2.65. The van der Waals surface area contributed by atoms with Crippen LogP contribution in [0.5, 0.6) is 0 Å². The molecule has 82 valence electrons. The summed E-state index contributed by atoms with van der Waals surface area (Å²) >= 11 is 8.12. The molecule has 0 amide bonds. The van der Waals surface area contributed by atoms with Crippen molar-refractivity contribution in [2.45, 2.75) is 12.5 Å². The van der Waals surface area contributed by atoms with Crippen LogP contribution in [0.3, 0.4) is 0 Å². The minimum Gasteiger partial charge on any atom is -0.316 e. The molecule has 1 aliphatic heterocycles. The van der Waals surface area contributed by atoms with Crippen molar-refractivity contribution in [3.63, 3.8) is 0 Å². The first-order chi connectivity index (χ1) is 7.31. The van der Waals surface area contributed by atoms with Gasteiger partial charge in [-0.2, -0.15) is 11.8 Å². The molecule has 4 heteroatoms. The van der Waals surface area contributed by atoms with E-state index < -0.39 is 0 Å². The van der Waals surface area contributed by atoms with E-state index in [1.807, 2.05) is 31.1 Å². The molecule has 1 saturated heterocycles. The number of rotatable bonds is 3. The van der Waals surface area contributed by atoms with E-state index in [0.29, 0.717) is 12.0 Å². The van der Waals surface area contributed by atoms with Gasteiger partial charge < -0.3 is 5.32 Å². The fraction of sp³-hybridized carbons (Fsp3) is 0.545. The summed E-state index contributed by atoms with van der Waals surface area (Å²) in [5.41, 5.74) is 1.22. The van der Waals surface area contributed by atoms with Gasteiger partial charge in [0.2, 0.25) is 0 Å². The maximum Gasteiger partial charge on any atom is 0.0621 e. The van der Waals surface area contributed by atoms with Gasteiger partial charge >= 0.3 is 0 Å². The largest absolute Gasteiger partial charge is 0.316 e. The molecule has 2 atom stereocenters. The fourth-order valence-electron chi connectivity index (χ4n) is 1.97. The van der Waals surface area contributed by atoms with Crippen molar-refractivity contribution in [1.82, 2.24) is 10.3 Å². The number of nitrogens with one attached hydrogen (secondary N) is 1. The third-order valence-corrected chi connectivity index (χ3v) is 4.51. The summed E-state index contributed by atoms with van der Waals surface area (Å²) in [6, 6.07) is 2.65. The van der Waals surface area contributed by atoms with E-state index in [1.54, 1.807) is 6.20 Å². The van der Waals surface area contributed by atoms with Crippen LogP contribution in [0.4, 0.5) is 0 Å². The van der Waals surface area contributed by atoms with E-state index in [9.17, 15) is 0 Å². The van der Waals surface area contributed by atoms with Crippen molar-refractivity contribution in [2.75, 3.05) is 18.6 Å². The topological polar surface area (TPSA) is 24.9 Å². The molecule has 1 aliphatic rings. The molecule has 15 heavy (non-hydrogen) atoms. The van der Waals surface area contributed by atoms with E-state index in [-0.39, 0.29) is 0 Å². The molecular formula is C11H15ClN2S. The van der Waals surface area contributed by atoms with Gasteiger partial charge in [0.1, 0.15) is 0 Å². The van der Waals surface area contributed by atoms with Gasteiger partial charge in [-0.05, 0) is 36.8 Å². The van der Waals surface area contributed by atoms with Crippen molar-refractivity contribution < 1.29 is 0 Å². The fourth-order valence-corrected chi connectivity index (χ4v) is 3.65. The number of aromatic nitrogens is 1. The van der Waals surface area contributed by atoms with E-state index in [4.69, 9.17) is 11.6 Å². The van der Waals surface area contributed by atoms with Crippen LogP contribution in [0, 0.1) is 5.92 Å². The molecule has 0 aromatic carbocycles. The second-order valence-electron chi connectivity index (χ2n) is 3.86. The molecule has 2 nitrogen and oxygen atoms in total. The summed E-state index contributed by atoms with van der Waals surface area (Å²) < 4.78 is 0. The van der Waals surface area contributed by atoms with Gasteiger partial charge in [0.25, 0.3) is 0 Å². The van der Waals surface area contributed by atoms with Crippen LogP contribution in [0.2, 0.25) is 5.02 Å². The van der Waals surface area contributed by atoms with Gasteiger partial charge in [0.05, 0.1) is 5.02 Å². The van der Waals surface area contributed by atoms with Crippen LogP contribution in [0.15, 0.2) is 18.5 Å². The monoisotopic (exact) mass is 242 g/mol. The lowest BCUT2D eigenvalue weighted by Gasteiger charge is -2.18. The number of hydrogen-bond acceptors (Lipinski definition) is 3. The van der Waals surface area contributed by atoms with Crippen LogP contribution in [0.25, 0.3) is 0 Å². The Bertz CT molecular complexity index is 332. The number of nitrogens with zero attached hydrogens (tertiary/aromatic N) is 1. The first-order valence-corrected chi connectivity index (χ1v) is 6.68. The molecule has 2 rings (SSSR count). The Hall–Kier alpha value is -0.250. The van der Waals surface area contributed by atoms with Crippen molar-refractivity contribution in [3.05, 3.63) is 29.0 Å². The standard InChI is InChI=1S/C11H15ClN2S/c1-13-11-7-15-6-9(11)4-8-2-3-14-5-10(8)12/h2-3,5,9,11,13H,4,6-7H2,1H3. The van der Waals surface area contributed by atoms with Crippen molar-refractivity contribution in [2.24, 2.45) is 5.92 Å². The molecular weight excluding hydrogens is 228 g/mol. The summed E-state index contributed by atoms with van der Waals surface area (Å²) in [5.74, 6) is 3.13. The number of pyridine rings is 1. The number of hydrogen-bond donors (Lipinski definition) is 1. The Labute approximate surface area is 99.8 Å². The molecule has 0 aliphatic carbocycles. The average molecular weight is 243 g/mol. The lowest BCUT2D eigenvalue weighted by molar-refractivity contribution is 0.453. The Kier molecular flexibility index (Phi) is 3.89. The highest BCUT2D eigenvalue weighted by Crippen LogP contribution is 2.28. The van der Waals surface area contributed by atoms with Crippen LogP contribution in [-0.4, -0.2) is 29.6 Å². The summed E-state index contributed by atoms with van der Waals surface area (Å²) in [5, 5.41) is 4.17. The normalized spacial score (nSPS) is 25.7. The highest BCUT2D eigenvalue weighted by Gasteiger charge is 2.26. The van der Waals surface area contributed by atoms with Gasteiger partial charge in [0.15, 0.2) is 0 Å². The lowest BCUT2D eigenvalue weighted by Crippen LogP contribution is -2.33. The van der Waals surface area contributed by atoms with Gasteiger partial charge in [0, 0.05) is 24.2 Å². The van der Waals surface area contributed by atoms with Crippen molar-refractivity contribution >= 4 is 23.4 Å². The smallest absolute Gasteiger partial charge is 0.0621 e. The minimum atomic E-state index is 0.624. The van der Waals surface area contributed by atoms with Crippen molar-refractivity contribution in [3.8, 4) is 0 Å². The van der Waals surface area contributed by atoms with E-state index in [2.05, 4.69) is 10.3 Å². The Morgan fingerprint density at radius 1 is 1.60 bits per heavy atom. The summed E-state index contributed by atoms with van der Waals surface area (Å²) in [7, 11) is 2.04. The van der Waals surface area contributed by atoms with E-state index >= 15 is 0 Å². The Morgan fingerprint density at radius 3 is 3.20 bits per heavy atom. The maximum atomic E-state index is 6.10. The Balaban J connectivity index is 2.05. The number of thioether (sulfide) groups is 1. The van der Waals surface area contributed by atoms with Crippen LogP contribution < -0.4 is 5.32 Å². The van der Waals surface area contributed by atoms with Crippen LogP contribution >= 0.6 is 23.4 Å². The zero-order chi connectivity index (χ0) is 10.7. The predicted molar refractivity (Wildman–Crippen MR) is 66.6 cm³/mol. The second-order valence-corrected chi connectivity index (χ2v) is 5.35. The SMILES string of the molecule is CNC1CSCC1Cc1ccncc1Cl.